The van der Waals surface area contributed by atoms with E-state index in [9.17, 15) is 14.0 Å². The van der Waals surface area contributed by atoms with Gasteiger partial charge in [-0.15, -0.1) is 0 Å². The molecule has 0 saturated carbocycles. The van der Waals surface area contributed by atoms with E-state index in [4.69, 9.17) is 4.42 Å². The Balaban J connectivity index is 1.97. The molecule has 22 heavy (non-hydrogen) atoms. The first-order chi connectivity index (χ1) is 10.5. The van der Waals surface area contributed by atoms with Crippen LogP contribution in [0.25, 0.3) is 11.0 Å². The Morgan fingerprint density at radius 2 is 1.91 bits per heavy atom. The summed E-state index contributed by atoms with van der Waals surface area (Å²) in [6.45, 7) is 1.75. The molecule has 0 spiro atoms. The molecule has 0 fully saturated rings. The number of nitrogens with one attached hydrogen (secondary N) is 1. The normalized spacial score (nSPS) is 10.6. The number of para-hydroxylation sites is 1. The van der Waals surface area contributed by atoms with Gasteiger partial charge in [-0.2, -0.15) is 0 Å². The van der Waals surface area contributed by atoms with Gasteiger partial charge in [0.1, 0.15) is 11.4 Å². The minimum atomic E-state index is -0.675. The second kappa shape index (κ2) is 5.44. The van der Waals surface area contributed by atoms with Crippen molar-refractivity contribution in [2.75, 3.05) is 5.32 Å². The highest BCUT2D eigenvalue weighted by Crippen LogP contribution is 2.17. The minimum absolute atomic E-state index is 0.0337. The number of hydrogen-bond donors (Lipinski definition) is 1. The summed E-state index contributed by atoms with van der Waals surface area (Å²) in [6, 6.07) is 12.2. The van der Waals surface area contributed by atoms with Crippen LogP contribution in [-0.2, 0) is 0 Å². The second-order valence-electron chi connectivity index (χ2n) is 4.91. The summed E-state index contributed by atoms with van der Waals surface area (Å²) < 4.78 is 19.2. The van der Waals surface area contributed by atoms with Gasteiger partial charge in [0.25, 0.3) is 5.91 Å². The average molecular weight is 297 g/mol. The summed E-state index contributed by atoms with van der Waals surface area (Å²) in [6.07, 6.45) is 0. The molecule has 110 valence electrons. The third-order valence-corrected chi connectivity index (χ3v) is 3.23. The standard InChI is InChI=1S/C17H12FNO3/c1-10-6-7-13(12(18)8-10)19-17(21)16-9-14(20)11-4-2-3-5-15(11)22-16/h2-9H,1H3,(H,19,21). The van der Waals surface area contributed by atoms with E-state index in [0.717, 1.165) is 11.6 Å². The van der Waals surface area contributed by atoms with Gasteiger partial charge in [-0.1, -0.05) is 18.2 Å². The molecular weight excluding hydrogens is 285 g/mol. The van der Waals surface area contributed by atoms with Crippen LogP contribution in [0.4, 0.5) is 10.1 Å². The molecule has 5 heteroatoms. The van der Waals surface area contributed by atoms with Crippen LogP contribution in [0.2, 0.25) is 0 Å². The molecule has 3 rings (SSSR count). The third kappa shape index (κ3) is 2.61. The summed E-state index contributed by atoms with van der Waals surface area (Å²) in [7, 11) is 0. The minimum Gasteiger partial charge on any atom is -0.451 e. The third-order valence-electron chi connectivity index (χ3n) is 3.23. The maximum absolute atomic E-state index is 13.8. The summed E-state index contributed by atoms with van der Waals surface area (Å²) in [5.74, 6) is -1.38. The Labute approximate surface area is 125 Å². The highest BCUT2D eigenvalue weighted by molar-refractivity contribution is 6.03. The first-order valence-corrected chi connectivity index (χ1v) is 6.65. The Morgan fingerprint density at radius 3 is 2.68 bits per heavy atom. The number of benzene rings is 2. The molecule has 0 saturated heterocycles. The van der Waals surface area contributed by atoms with Crippen molar-refractivity contribution >= 4 is 22.6 Å². The molecule has 3 aromatic rings. The van der Waals surface area contributed by atoms with Gasteiger partial charge in [-0.3, -0.25) is 9.59 Å². The van der Waals surface area contributed by atoms with E-state index in [0.29, 0.717) is 11.0 Å². The fourth-order valence-corrected chi connectivity index (χ4v) is 2.12. The molecule has 2 aromatic carbocycles. The SMILES string of the molecule is Cc1ccc(NC(=O)c2cc(=O)c3ccccc3o2)c(F)c1. The fourth-order valence-electron chi connectivity index (χ4n) is 2.12. The molecule has 1 heterocycles. The molecule has 4 nitrogen and oxygen atoms in total. The number of amides is 1. The van der Waals surface area contributed by atoms with E-state index >= 15 is 0 Å². The molecular formula is C17H12FNO3. The van der Waals surface area contributed by atoms with Crippen molar-refractivity contribution in [3.8, 4) is 0 Å². The van der Waals surface area contributed by atoms with Gasteiger partial charge in [0, 0.05) is 6.07 Å². The van der Waals surface area contributed by atoms with E-state index < -0.39 is 11.7 Å². The first kappa shape index (κ1) is 14.0. The number of anilines is 1. The van der Waals surface area contributed by atoms with Crippen LogP contribution in [0, 0.1) is 12.7 Å². The number of rotatable bonds is 2. The van der Waals surface area contributed by atoms with E-state index in [2.05, 4.69) is 5.32 Å². The maximum Gasteiger partial charge on any atom is 0.291 e. The van der Waals surface area contributed by atoms with Crippen LogP contribution in [0.3, 0.4) is 0 Å². The maximum atomic E-state index is 13.8. The highest BCUT2D eigenvalue weighted by Gasteiger charge is 2.14. The Hall–Kier alpha value is -2.95. The lowest BCUT2D eigenvalue weighted by atomic mass is 10.2. The zero-order valence-electron chi connectivity index (χ0n) is 11.7. The summed E-state index contributed by atoms with van der Waals surface area (Å²) >= 11 is 0. The van der Waals surface area contributed by atoms with Crippen molar-refractivity contribution in [1.82, 2.24) is 0 Å². The van der Waals surface area contributed by atoms with Crippen LogP contribution in [0.5, 0.6) is 0 Å². The average Bonchev–Trinajstić information content (AvgIpc) is 2.50. The number of hydrogen-bond acceptors (Lipinski definition) is 3. The zero-order chi connectivity index (χ0) is 15.7. The highest BCUT2D eigenvalue weighted by atomic mass is 19.1. The summed E-state index contributed by atoms with van der Waals surface area (Å²) in [5, 5.41) is 2.79. The largest absolute Gasteiger partial charge is 0.451 e. The van der Waals surface area contributed by atoms with E-state index in [1.807, 2.05) is 0 Å². The lowest BCUT2D eigenvalue weighted by molar-refractivity contribution is 0.0996. The number of fused-ring (bicyclic) bond motifs is 1. The second-order valence-corrected chi connectivity index (χ2v) is 4.91. The number of carbonyl (C=O) groups is 1. The van der Waals surface area contributed by atoms with Crippen molar-refractivity contribution in [2.24, 2.45) is 0 Å². The lowest BCUT2D eigenvalue weighted by Gasteiger charge is -2.07. The molecule has 0 radical (unpaired) electrons. The van der Waals surface area contributed by atoms with Crippen LogP contribution >= 0.6 is 0 Å². The van der Waals surface area contributed by atoms with E-state index in [1.54, 1.807) is 37.3 Å². The van der Waals surface area contributed by atoms with Crippen molar-refractivity contribution in [3.05, 3.63) is 75.9 Å². The molecule has 0 unspecified atom stereocenters. The predicted octanol–water partition coefficient (Wildman–Crippen LogP) is 3.49. The van der Waals surface area contributed by atoms with Crippen molar-refractivity contribution < 1.29 is 13.6 Å². The zero-order valence-corrected chi connectivity index (χ0v) is 11.7. The lowest BCUT2D eigenvalue weighted by Crippen LogP contribution is -2.15. The summed E-state index contributed by atoms with van der Waals surface area (Å²) in [4.78, 5) is 24.1. The fraction of sp³-hybridized carbons (Fsp3) is 0.0588. The Kier molecular flexibility index (Phi) is 3.47. The van der Waals surface area contributed by atoms with Gasteiger partial charge in [-0.25, -0.2) is 4.39 Å². The number of carbonyl (C=O) groups excluding carboxylic acids is 1. The topological polar surface area (TPSA) is 59.3 Å². The van der Waals surface area contributed by atoms with Gasteiger partial charge in [0.05, 0.1) is 11.1 Å². The molecule has 1 aromatic heterocycles. The predicted molar refractivity (Wildman–Crippen MR) is 81.6 cm³/mol. The molecule has 0 aliphatic rings. The monoisotopic (exact) mass is 297 g/mol. The number of halogens is 1. The molecule has 0 aliphatic heterocycles. The first-order valence-electron chi connectivity index (χ1n) is 6.65. The number of aryl methyl sites for hydroxylation is 1. The van der Waals surface area contributed by atoms with Crippen molar-refractivity contribution in [3.63, 3.8) is 0 Å². The molecule has 1 N–H and O–H groups in total. The Bertz CT molecular complexity index is 931. The van der Waals surface area contributed by atoms with Crippen molar-refractivity contribution in [1.29, 1.82) is 0 Å². The van der Waals surface area contributed by atoms with Crippen molar-refractivity contribution in [2.45, 2.75) is 6.92 Å². The smallest absolute Gasteiger partial charge is 0.291 e. The van der Waals surface area contributed by atoms with Crippen LogP contribution < -0.4 is 10.7 Å². The van der Waals surface area contributed by atoms with Gasteiger partial charge in [0.2, 0.25) is 0 Å². The quantitative estimate of drug-likeness (QED) is 0.787. The van der Waals surface area contributed by atoms with Crippen LogP contribution in [-0.4, -0.2) is 5.91 Å². The molecule has 0 aliphatic carbocycles. The molecule has 0 bridgehead atoms. The van der Waals surface area contributed by atoms with Crippen LogP contribution in [0.15, 0.2) is 57.7 Å². The van der Waals surface area contributed by atoms with E-state index in [1.165, 1.54) is 12.1 Å². The van der Waals surface area contributed by atoms with E-state index in [-0.39, 0.29) is 16.9 Å². The molecule has 1 amide bonds. The summed E-state index contributed by atoms with van der Waals surface area (Å²) in [5.41, 5.74) is 0.764. The van der Waals surface area contributed by atoms with Gasteiger partial charge >= 0.3 is 0 Å². The molecule has 0 atom stereocenters. The van der Waals surface area contributed by atoms with Gasteiger partial charge < -0.3 is 9.73 Å². The van der Waals surface area contributed by atoms with Crippen LogP contribution in [0.1, 0.15) is 16.1 Å². The Morgan fingerprint density at radius 1 is 1.14 bits per heavy atom. The van der Waals surface area contributed by atoms with Gasteiger partial charge in [0.15, 0.2) is 11.2 Å². The van der Waals surface area contributed by atoms with Gasteiger partial charge in [-0.05, 0) is 36.8 Å².